The number of rotatable bonds is 3. The number of para-hydroxylation sites is 1. The SMILES string of the molecule is C#Cc1ccc(C(=O)Nc2cnn(-c3ccccc3)c2C)cc1. The van der Waals surface area contributed by atoms with Crippen molar-refractivity contribution in [3.8, 4) is 18.0 Å². The maximum Gasteiger partial charge on any atom is 0.255 e. The number of nitrogens with zero attached hydrogens (tertiary/aromatic N) is 2. The average Bonchev–Trinajstić information content (AvgIpc) is 2.96. The van der Waals surface area contributed by atoms with E-state index < -0.39 is 0 Å². The Morgan fingerprint density at radius 3 is 2.48 bits per heavy atom. The number of amides is 1. The lowest BCUT2D eigenvalue weighted by atomic mass is 10.1. The fourth-order valence-electron chi connectivity index (χ4n) is 2.27. The normalized spacial score (nSPS) is 10.1. The smallest absolute Gasteiger partial charge is 0.255 e. The molecule has 1 heterocycles. The topological polar surface area (TPSA) is 46.9 Å². The Kier molecular flexibility index (Phi) is 3.94. The maximum atomic E-state index is 12.3. The highest BCUT2D eigenvalue weighted by Gasteiger charge is 2.12. The van der Waals surface area contributed by atoms with Crippen LogP contribution in [0.5, 0.6) is 0 Å². The van der Waals surface area contributed by atoms with E-state index in [1.165, 1.54) is 0 Å². The zero-order valence-electron chi connectivity index (χ0n) is 12.7. The second-order valence-electron chi connectivity index (χ2n) is 5.07. The molecule has 4 nitrogen and oxygen atoms in total. The van der Waals surface area contributed by atoms with Gasteiger partial charge in [0, 0.05) is 11.1 Å². The first kappa shape index (κ1) is 14.6. The summed E-state index contributed by atoms with van der Waals surface area (Å²) in [5, 5.41) is 7.22. The van der Waals surface area contributed by atoms with Crippen LogP contribution >= 0.6 is 0 Å². The molecule has 0 unspecified atom stereocenters. The third-order valence-corrected chi connectivity index (χ3v) is 3.57. The molecule has 0 aliphatic rings. The zero-order valence-corrected chi connectivity index (χ0v) is 12.7. The van der Waals surface area contributed by atoms with Crippen molar-refractivity contribution in [1.82, 2.24) is 9.78 Å². The summed E-state index contributed by atoms with van der Waals surface area (Å²) in [5.74, 6) is 2.34. The highest BCUT2D eigenvalue weighted by Crippen LogP contribution is 2.19. The number of carbonyl (C=O) groups is 1. The molecule has 0 saturated heterocycles. The van der Waals surface area contributed by atoms with Crippen molar-refractivity contribution in [3.63, 3.8) is 0 Å². The van der Waals surface area contributed by atoms with E-state index in [-0.39, 0.29) is 5.91 Å². The molecule has 0 bridgehead atoms. The summed E-state index contributed by atoms with van der Waals surface area (Å²) in [7, 11) is 0. The molecule has 1 aromatic heterocycles. The number of hydrogen-bond acceptors (Lipinski definition) is 2. The Balaban J connectivity index is 1.82. The lowest BCUT2D eigenvalue weighted by molar-refractivity contribution is 0.102. The Morgan fingerprint density at radius 2 is 1.83 bits per heavy atom. The van der Waals surface area contributed by atoms with Gasteiger partial charge in [-0.15, -0.1) is 6.42 Å². The molecule has 1 N–H and O–H groups in total. The van der Waals surface area contributed by atoms with Crippen LogP contribution in [0.4, 0.5) is 5.69 Å². The summed E-state index contributed by atoms with van der Waals surface area (Å²) in [4.78, 5) is 12.3. The second-order valence-corrected chi connectivity index (χ2v) is 5.07. The van der Waals surface area contributed by atoms with Crippen LogP contribution in [0.25, 0.3) is 5.69 Å². The minimum absolute atomic E-state index is 0.190. The molecule has 0 radical (unpaired) electrons. The highest BCUT2D eigenvalue weighted by molar-refractivity contribution is 6.04. The van der Waals surface area contributed by atoms with Crippen molar-refractivity contribution in [1.29, 1.82) is 0 Å². The maximum absolute atomic E-state index is 12.3. The van der Waals surface area contributed by atoms with Gasteiger partial charge in [0.1, 0.15) is 0 Å². The standard InChI is InChI=1S/C19H15N3O/c1-3-15-9-11-16(12-10-15)19(23)21-18-13-20-22(14(18)2)17-7-5-4-6-8-17/h1,4-13H,2H3,(H,21,23). The van der Waals surface area contributed by atoms with Gasteiger partial charge in [0.15, 0.2) is 0 Å². The molecule has 2 aromatic carbocycles. The summed E-state index contributed by atoms with van der Waals surface area (Å²) < 4.78 is 1.79. The molecule has 0 spiro atoms. The Bertz CT molecular complexity index is 871. The molecule has 1 amide bonds. The van der Waals surface area contributed by atoms with E-state index in [0.29, 0.717) is 11.3 Å². The molecule has 0 saturated carbocycles. The first-order chi connectivity index (χ1) is 11.2. The van der Waals surface area contributed by atoms with Crippen molar-refractivity contribution in [2.24, 2.45) is 0 Å². The van der Waals surface area contributed by atoms with E-state index in [2.05, 4.69) is 16.3 Å². The molecule has 112 valence electrons. The monoisotopic (exact) mass is 301 g/mol. The van der Waals surface area contributed by atoms with Gasteiger partial charge >= 0.3 is 0 Å². The van der Waals surface area contributed by atoms with Gasteiger partial charge in [-0.05, 0) is 43.3 Å². The molecular formula is C19H15N3O. The fraction of sp³-hybridized carbons (Fsp3) is 0.0526. The van der Waals surface area contributed by atoms with Crippen LogP contribution in [0.2, 0.25) is 0 Å². The summed E-state index contributed by atoms with van der Waals surface area (Å²) >= 11 is 0. The predicted molar refractivity (Wildman–Crippen MR) is 90.6 cm³/mol. The van der Waals surface area contributed by atoms with Crippen LogP contribution in [0, 0.1) is 19.3 Å². The van der Waals surface area contributed by atoms with Crippen LogP contribution in [0.3, 0.4) is 0 Å². The number of anilines is 1. The number of benzene rings is 2. The lowest BCUT2D eigenvalue weighted by Gasteiger charge is -2.07. The van der Waals surface area contributed by atoms with Crippen molar-refractivity contribution in [2.45, 2.75) is 6.92 Å². The molecule has 0 atom stereocenters. The molecular weight excluding hydrogens is 286 g/mol. The zero-order chi connectivity index (χ0) is 16.2. The largest absolute Gasteiger partial charge is 0.319 e. The molecule has 3 rings (SSSR count). The van der Waals surface area contributed by atoms with Crippen LogP contribution in [-0.2, 0) is 0 Å². The van der Waals surface area contributed by atoms with Gasteiger partial charge in [-0.1, -0.05) is 24.1 Å². The quantitative estimate of drug-likeness (QED) is 0.754. The molecule has 0 aliphatic heterocycles. The Labute approximate surface area is 134 Å². The first-order valence-corrected chi connectivity index (χ1v) is 7.17. The van der Waals surface area contributed by atoms with E-state index in [9.17, 15) is 4.79 Å². The van der Waals surface area contributed by atoms with E-state index in [0.717, 1.165) is 16.9 Å². The van der Waals surface area contributed by atoms with E-state index in [4.69, 9.17) is 6.42 Å². The molecule has 23 heavy (non-hydrogen) atoms. The van der Waals surface area contributed by atoms with Gasteiger partial charge in [0.25, 0.3) is 5.91 Å². The molecule has 0 fully saturated rings. The predicted octanol–water partition coefficient (Wildman–Crippen LogP) is 3.41. The number of nitrogens with one attached hydrogen (secondary N) is 1. The fourth-order valence-corrected chi connectivity index (χ4v) is 2.27. The summed E-state index contributed by atoms with van der Waals surface area (Å²) in [6.07, 6.45) is 6.96. The van der Waals surface area contributed by atoms with Gasteiger partial charge in [0.05, 0.1) is 23.3 Å². The minimum atomic E-state index is -0.190. The number of carbonyl (C=O) groups excluding carboxylic acids is 1. The third kappa shape index (κ3) is 2.99. The second kappa shape index (κ2) is 6.20. The van der Waals surface area contributed by atoms with E-state index >= 15 is 0 Å². The van der Waals surface area contributed by atoms with E-state index in [1.807, 2.05) is 37.3 Å². The lowest BCUT2D eigenvalue weighted by Crippen LogP contribution is -2.12. The van der Waals surface area contributed by atoms with Crippen molar-refractivity contribution in [3.05, 3.63) is 77.6 Å². The highest BCUT2D eigenvalue weighted by atomic mass is 16.1. The number of terminal acetylenes is 1. The van der Waals surface area contributed by atoms with Gasteiger partial charge < -0.3 is 5.32 Å². The summed E-state index contributed by atoms with van der Waals surface area (Å²) in [6, 6.07) is 16.7. The third-order valence-electron chi connectivity index (χ3n) is 3.57. The van der Waals surface area contributed by atoms with Crippen molar-refractivity contribution < 1.29 is 4.79 Å². The Morgan fingerprint density at radius 1 is 1.13 bits per heavy atom. The van der Waals surface area contributed by atoms with Crippen LogP contribution in [-0.4, -0.2) is 15.7 Å². The van der Waals surface area contributed by atoms with Crippen molar-refractivity contribution in [2.75, 3.05) is 5.32 Å². The summed E-state index contributed by atoms with van der Waals surface area (Å²) in [5.41, 5.74) is 3.79. The van der Waals surface area contributed by atoms with E-state index in [1.54, 1.807) is 35.1 Å². The molecule has 0 aliphatic carbocycles. The number of hydrogen-bond donors (Lipinski definition) is 1. The Hall–Kier alpha value is -3.32. The van der Waals surface area contributed by atoms with Crippen molar-refractivity contribution >= 4 is 11.6 Å². The van der Waals surface area contributed by atoms with Gasteiger partial charge in [-0.3, -0.25) is 4.79 Å². The first-order valence-electron chi connectivity index (χ1n) is 7.17. The summed E-state index contributed by atoms with van der Waals surface area (Å²) in [6.45, 7) is 1.91. The van der Waals surface area contributed by atoms with Crippen LogP contribution in [0.1, 0.15) is 21.6 Å². The van der Waals surface area contributed by atoms with Gasteiger partial charge in [-0.25, -0.2) is 4.68 Å². The van der Waals surface area contributed by atoms with Crippen LogP contribution < -0.4 is 5.32 Å². The number of aromatic nitrogens is 2. The van der Waals surface area contributed by atoms with Gasteiger partial charge in [0.2, 0.25) is 0 Å². The van der Waals surface area contributed by atoms with Gasteiger partial charge in [-0.2, -0.15) is 5.10 Å². The minimum Gasteiger partial charge on any atom is -0.319 e. The average molecular weight is 301 g/mol. The molecule has 4 heteroatoms. The van der Waals surface area contributed by atoms with Crippen LogP contribution in [0.15, 0.2) is 60.8 Å². The molecule has 3 aromatic rings.